The second kappa shape index (κ2) is 7.49. The van der Waals surface area contributed by atoms with Crippen LogP contribution >= 0.6 is 27.7 Å². The van der Waals surface area contributed by atoms with Gasteiger partial charge in [0, 0.05) is 6.04 Å². The van der Waals surface area contributed by atoms with E-state index in [4.69, 9.17) is 6.42 Å². The highest BCUT2D eigenvalue weighted by Crippen LogP contribution is 2.18. The van der Waals surface area contributed by atoms with Crippen molar-refractivity contribution in [3.8, 4) is 12.3 Å². The van der Waals surface area contributed by atoms with E-state index in [2.05, 4.69) is 45.4 Å². The van der Waals surface area contributed by atoms with Crippen molar-refractivity contribution in [2.45, 2.75) is 25.9 Å². The van der Waals surface area contributed by atoms with E-state index in [0.717, 1.165) is 12.2 Å². The minimum absolute atomic E-state index is 0.180. The monoisotopic (exact) mass is 329 g/mol. The third kappa shape index (κ3) is 4.07. The van der Waals surface area contributed by atoms with E-state index >= 15 is 0 Å². The van der Waals surface area contributed by atoms with Gasteiger partial charge in [0.1, 0.15) is 11.0 Å². The lowest BCUT2D eigenvalue weighted by atomic mass is 10.2. The normalized spacial score (nSPS) is 11.9. The fourth-order valence-electron chi connectivity index (χ4n) is 1.40. The van der Waals surface area contributed by atoms with Gasteiger partial charge in [0.05, 0.1) is 11.9 Å². The van der Waals surface area contributed by atoms with E-state index in [1.165, 1.54) is 4.68 Å². The minimum Gasteiger partial charge on any atom is -0.380 e. The summed E-state index contributed by atoms with van der Waals surface area (Å²) in [5.74, 6) is 3.47. The second-order valence-electron chi connectivity index (χ2n) is 3.87. The molecular weight excluding hydrogens is 314 g/mol. The molecular formula is C12H16BrN3OS. The van der Waals surface area contributed by atoms with E-state index in [9.17, 15) is 4.79 Å². The first-order valence-electron chi connectivity index (χ1n) is 5.54. The second-order valence-corrected chi connectivity index (χ2v) is 5.64. The number of rotatable bonds is 6. The fourth-order valence-corrected chi connectivity index (χ4v) is 2.41. The summed E-state index contributed by atoms with van der Waals surface area (Å²) < 4.78 is 1.73. The van der Waals surface area contributed by atoms with Crippen LogP contribution in [0.25, 0.3) is 0 Å². The Hall–Kier alpha value is -0.930. The molecule has 0 aromatic carbocycles. The van der Waals surface area contributed by atoms with Gasteiger partial charge in [-0.05, 0) is 41.3 Å². The summed E-state index contributed by atoms with van der Waals surface area (Å²) in [5, 5.41) is 7.29. The number of anilines is 1. The number of hydrogen-bond donors (Lipinski definition) is 1. The molecule has 1 aromatic rings. The van der Waals surface area contributed by atoms with E-state index in [1.54, 1.807) is 18.0 Å². The van der Waals surface area contributed by atoms with Crippen LogP contribution in [-0.4, -0.2) is 27.8 Å². The number of terminal acetylenes is 1. The van der Waals surface area contributed by atoms with Crippen LogP contribution in [0, 0.1) is 12.3 Å². The average Bonchev–Trinajstić information content (AvgIpc) is 2.36. The maximum atomic E-state index is 11.9. The molecule has 0 fully saturated rings. The third-order valence-electron chi connectivity index (χ3n) is 2.38. The van der Waals surface area contributed by atoms with Gasteiger partial charge in [-0.3, -0.25) is 4.79 Å². The summed E-state index contributed by atoms with van der Waals surface area (Å²) in [6.45, 7) is 2.26. The summed E-state index contributed by atoms with van der Waals surface area (Å²) in [5.41, 5.74) is 0.497. The number of nitrogens with zero attached hydrogens (tertiary/aromatic N) is 2. The summed E-state index contributed by atoms with van der Waals surface area (Å²) in [6, 6.07) is 0.290. The van der Waals surface area contributed by atoms with Gasteiger partial charge in [0.25, 0.3) is 5.56 Å². The maximum absolute atomic E-state index is 11.9. The van der Waals surface area contributed by atoms with Gasteiger partial charge >= 0.3 is 0 Å². The Labute approximate surface area is 120 Å². The molecule has 0 saturated heterocycles. The smallest absolute Gasteiger partial charge is 0.284 e. The number of thioether (sulfide) groups is 1. The highest BCUT2D eigenvalue weighted by molar-refractivity contribution is 9.10. The van der Waals surface area contributed by atoms with Crippen molar-refractivity contribution in [3.63, 3.8) is 0 Å². The predicted octanol–water partition coefficient (Wildman–Crippen LogP) is 2.19. The summed E-state index contributed by atoms with van der Waals surface area (Å²) >= 11 is 5.09. The van der Waals surface area contributed by atoms with Crippen LogP contribution < -0.4 is 10.9 Å². The lowest BCUT2D eigenvalue weighted by Crippen LogP contribution is -2.26. The molecule has 1 aromatic heterocycles. The van der Waals surface area contributed by atoms with Crippen LogP contribution in [0.1, 0.15) is 13.3 Å². The maximum Gasteiger partial charge on any atom is 0.284 e. The molecule has 1 N–H and O–H groups in total. The lowest BCUT2D eigenvalue weighted by Gasteiger charge is -2.15. The highest BCUT2D eigenvalue weighted by Gasteiger charge is 2.10. The highest BCUT2D eigenvalue weighted by atomic mass is 79.9. The number of nitrogens with one attached hydrogen (secondary N) is 1. The van der Waals surface area contributed by atoms with Crippen LogP contribution in [0.15, 0.2) is 15.5 Å². The molecule has 6 heteroatoms. The molecule has 0 saturated carbocycles. The van der Waals surface area contributed by atoms with Gasteiger partial charge < -0.3 is 5.32 Å². The van der Waals surface area contributed by atoms with Crippen LogP contribution in [0.5, 0.6) is 0 Å². The Morgan fingerprint density at radius 3 is 3.06 bits per heavy atom. The van der Waals surface area contributed by atoms with Gasteiger partial charge in [0.15, 0.2) is 0 Å². The predicted molar refractivity (Wildman–Crippen MR) is 81.1 cm³/mol. The molecule has 0 bridgehead atoms. The Morgan fingerprint density at radius 1 is 1.72 bits per heavy atom. The first-order chi connectivity index (χ1) is 8.60. The lowest BCUT2D eigenvalue weighted by molar-refractivity contribution is 0.657. The van der Waals surface area contributed by atoms with Crippen molar-refractivity contribution < 1.29 is 0 Å². The van der Waals surface area contributed by atoms with Crippen molar-refractivity contribution in [1.82, 2.24) is 9.78 Å². The van der Waals surface area contributed by atoms with Crippen LogP contribution in [0.4, 0.5) is 5.69 Å². The third-order valence-corrected chi connectivity index (χ3v) is 3.79. The first-order valence-corrected chi connectivity index (χ1v) is 7.73. The minimum atomic E-state index is -0.213. The molecule has 1 rings (SSSR count). The quantitative estimate of drug-likeness (QED) is 0.813. The van der Waals surface area contributed by atoms with Gasteiger partial charge in [-0.15, -0.1) is 6.42 Å². The zero-order chi connectivity index (χ0) is 13.5. The molecule has 0 amide bonds. The number of halogens is 1. The number of hydrogen-bond acceptors (Lipinski definition) is 4. The zero-order valence-electron chi connectivity index (χ0n) is 10.4. The van der Waals surface area contributed by atoms with Gasteiger partial charge in [-0.2, -0.15) is 16.9 Å². The molecule has 0 aliphatic rings. The van der Waals surface area contributed by atoms with E-state index in [0.29, 0.717) is 16.2 Å². The topological polar surface area (TPSA) is 46.9 Å². The Morgan fingerprint density at radius 2 is 2.44 bits per heavy atom. The number of aromatic nitrogens is 2. The molecule has 0 aliphatic carbocycles. The van der Waals surface area contributed by atoms with Gasteiger partial charge in [-0.1, -0.05) is 5.92 Å². The van der Waals surface area contributed by atoms with Crippen LogP contribution in [0.2, 0.25) is 0 Å². The Kier molecular flexibility index (Phi) is 6.30. The Balaban J connectivity index is 2.83. The van der Waals surface area contributed by atoms with E-state index in [-0.39, 0.29) is 12.1 Å². The van der Waals surface area contributed by atoms with Crippen molar-refractivity contribution in [1.29, 1.82) is 0 Å². The zero-order valence-corrected chi connectivity index (χ0v) is 12.8. The SMILES string of the molecule is C#CCn1ncc(NC(C)CCSC)c(Br)c1=O. The van der Waals surface area contributed by atoms with Crippen molar-refractivity contribution in [2.24, 2.45) is 0 Å². The van der Waals surface area contributed by atoms with Gasteiger partial charge in [0.2, 0.25) is 0 Å². The molecule has 1 atom stereocenters. The summed E-state index contributed by atoms with van der Waals surface area (Å²) in [7, 11) is 0. The molecule has 0 aliphatic heterocycles. The van der Waals surface area contributed by atoms with Crippen LogP contribution in [-0.2, 0) is 6.54 Å². The molecule has 0 radical (unpaired) electrons. The molecule has 1 unspecified atom stereocenters. The molecule has 98 valence electrons. The largest absolute Gasteiger partial charge is 0.380 e. The first kappa shape index (κ1) is 15.1. The molecule has 18 heavy (non-hydrogen) atoms. The summed E-state index contributed by atoms with van der Waals surface area (Å²) in [4.78, 5) is 11.9. The van der Waals surface area contributed by atoms with Gasteiger partial charge in [-0.25, -0.2) is 4.68 Å². The fraction of sp³-hybridized carbons (Fsp3) is 0.500. The van der Waals surface area contributed by atoms with Crippen molar-refractivity contribution >= 4 is 33.4 Å². The van der Waals surface area contributed by atoms with Crippen LogP contribution in [0.3, 0.4) is 0 Å². The summed E-state index contributed by atoms with van der Waals surface area (Å²) in [6.07, 6.45) is 9.90. The van der Waals surface area contributed by atoms with E-state index in [1.807, 2.05) is 0 Å². The molecule has 4 nitrogen and oxygen atoms in total. The van der Waals surface area contributed by atoms with Crippen molar-refractivity contribution in [2.75, 3.05) is 17.3 Å². The van der Waals surface area contributed by atoms with E-state index < -0.39 is 0 Å². The van der Waals surface area contributed by atoms with Crippen molar-refractivity contribution in [3.05, 3.63) is 21.0 Å². The molecule has 0 spiro atoms. The average molecular weight is 330 g/mol. The molecule has 1 heterocycles. The standard InChI is InChI=1S/C12H16BrN3OS/c1-4-6-16-12(17)11(13)10(8-14-16)15-9(2)5-7-18-3/h1,8-9,15H,5-7H2,2-3H3. The Bertz CT molecular complexity index is 495.